The second kappa shape index (κ2) is 21.3. The smallest absolute Gasteiger partial charge is 0.0622 e. The number of para-hydroxylation sites is 8. The van der Waals surface area contributed by atoms with Crippen LogP contribution in [0.15, 0.2) is 321 Å². The van der Waals surface area contributed by atoms with Crippen molar-refractivity contribution in [2.24, 2.45) is 0 Å². The third-order valence-corrected chi connectivity index (χ3v) is 23.2. The monoisotopic (exact) mass is 1530 g/mol. The first kappa shape index (κ1) is 57.0. The summed E-state index contributed by atoms with van der Waals surface area (Å²) in [6.45, 7) is 0. The van der Waals surface area contributed by atoms with Gasteiger partial charge >= 0.3 is 0 Å². The highest BCUT2D eigenvalue weighted by molar-refractivity contribution is 9.11. The number of benzene rings is 15. The third kappa shape index (κ3) is 7.93. The van der Waals surface area contributed by atoms with Crippen molar-refractivity contribution in [1.29, 1.82) is 0 Å². The lowest BCUT2D eigenvalue weighted by molar-refractivity contribution is 1.18. The van der Waals surface area contributed by atoms with Gasteiger partial charge in [-0.2, -0.15) is 0 Å². The molecule has 15 aromatic carbocycles. The van der Waals surface area contributed by atoms with Crippen LogP contribution >= 0.6 is 63.7 Å². The number of hydrogen-bond donors (Lipinski definition) is 0. The lowest BCUT2D eigenvalue weighted by atomic mass is 10.1. The highest BCUT2D eigenvalue weighted by Crippen LogP contribution is 2.47. The van der Waals surface area contributed by atoms with E-state index in [1.807, 2.05) is 0 Å². The summed E-state index contributed by atoms with van der Waals surface area (Å²) < 4.78 is 19.1. The lowest BCUT2D eigenvalue weighted by Crippen LogP contribution is -1.95. The molecule has 0 aliphatic carbocycles. The molecule has 0 amide bonds. The molecule has 9 aromatic heterocycles. The van der Waals surface area contributed by atoms with Crippen LogP contribution in [-0.2, 0) is 0 Å². The highest BCUT2D eigenvalue weighted by atomic mass is 79.9. The molecule has 6 nitrogen and oxygen atoms in total. The molecule has 24 aromatic rings. The summed E-state index contributed by atoms with van der Waals surface area (Å²) in [5, 5.41) is 23.0. The van der Waals surface area contributed by atoms with Crippen LogP contribution in [0.1, 0.15) is 0 Å². The molecular weight excluding hydrogens is 1480 g/mol. The van der Waals surface area contributed by atoms with Gasteiger partial charge in [-0.15, -0.1) is 0 Å². The van der Waals surface area contributed by atoms with Gasteiger partial charge in [-0.25, -0.2) is 0 Å². The summed E-state index contributed by atoms with van der Waals surface area (Å²) in [5.41, 5.74) is 22.1. The Morgan fingerprint density at radius 2 is 0.350 bits per heavy atom. The van der Waals surface area contributed by atoms with Gasteiger partial charge in [0.05, 0.1) is 82.8 Å². The van der Waals surface area contributed by atoms with Gasteiger partial charge in [0.15, 0.2) is 0 Å². The minimum atomic E-state index is 1.11. The quantitative estimate of drug-likeness (QED) is 0.169. The molecule has 0 saturated heterocycles. The van der Waals surface area contributed by atoms with Crippen molar-refractivity contribution in [3.63, 3.8) is 0 Å². The minimum Gasteiger partial charge on any atom is -0.309 e. The van der Waals surface area contributed by atoms with Crippen LogP contribution in [0, 0.1) is 0 Å². The molecule has 0 spiro atoms. The van der Waals surface area contributed by atoms with Crippen LogP contribution < -0.4 is 0 Å². The van der Waals surface area contributed by atoms with E-state index >= 15 is 0 Å². The van der Waals surface area contributed by atoms with Gasteiger partial charge in [0.2, 0.25) is 0 Å². The molecule has 100 heavy (non-hydrogen) atoms. The molecular formula is C90H50Br4N6. The summed E-state index contributed by atoms with van der Waals surface area (Å²) in [6.07, 6.45) is 0. The summed E-state index contributed by atoms with van der Waals surface area (Å²) >= 11 is 14.5. The zero-order chi connectivity index (χ0) is 65.9. The van der Waals surface area contributed by atoms with E-state index in [2.05, 4.69) is 394 Å². The SMILES string of the molecule is Brc1cc2c3ccccc3n3c4ccccc4c(c1)c23.Brc1ccc2c(c1)c1cc(Br)cc3c4cc(Br)ccc4n2c13.c1ccc2c(c1)c1ccccc1n2-c1ccc2c(c1)c1cc(-n3c4ccccc4c4ccccc43)cc3c4cc(-n5c6ccccc6c6ccccc65)ccc4n2c13. The van der Waals surface area contributed by atoms with Crippen LogP contribution in [0.4, 0.5) is 0 Å². The van der Waals surface area contributed by atoms with Gasteiger partial charge in [-0.1, -0.05) is 209 Å². The van der Waals surface area contributed by atoms with E-state index in [4.69, 9.17) is 0 Å². The van der Waals surface area contributed by atoms with Crippen LogP contribution in [0.5, 0.6) is 0 Å². The van der Waals surface area contributed by atoms with Gasteiger partial charge in [-0.05, 0) is 158 Å². The van der Waals surface area contributed by atoms with Crippen molar-refractivity contribution in [3.05, 3.63) is 321 Å². The van der Waals surface area contributed by atoms with Crippen molar-refractivity contribution in [1.82, 2.24) is 26.9 Å². The zero-order valence-electron chi connectivity index (χ0n) is 53.1. The maximum atomic E-state index is 3.67. The number of hydrogen-bond acceptors (Lipinski definition) is 0. The second-order valence-electron chi connectivity index (χ2n) is 26.5. The Labute approximate surface area is 603 Å². The van der Waals surface area contributed by atoms with Gasteiger partial charge in [-0.3, -0.25) is 0 Å². The third-order valence-electron chi connectivity index (χ3n) is 21.3. The molecule has 0 atom stereocenters. The fourth-order valence-corrected chi connectivity index (χ4v) is 19.0. The maximum Gasteiger partial charge on any atom is 0.0622 e. The van der Waals surface area contributed by atoms with Crippen LogP contribution in [-0.4, -0.2) is 26.9 Å². The van der Waals surface area contributed by atoms with Crippen molar-refractivity contribution < 1.29 is 0 Å². The minimum absolute atomic E-state index is 1.11. The average molecular weight is 1540 g/mol. The molecule has 0 aliphatic rings. The predicted octanol–water partition coefficient (Wildman–Crippen LogP) is 26.9. The van der Waals surface area contributed by atoms with Gasteiger partial charge < -0.3 is 26.9 Å². The molecule has 0 aliphatic heterocycles. The zero-order valence-corrected chi connectivity index (χ0v) is 59.4. The molecule has 0 unspecified atom stereocenters. The number of halogens is 4. The van der Waals surface area contributed by atoms with E-state index in [9.17, 15) is 0 Å². The predicted molar refractivity (Wildman–Crippen MR) is 437 cm³/mol. The van der Waals surface area contributed by atoms with E-state index in [1.54, 1.807) is 0 Å². The molecule has 9 heterocycles. The first-order valence-electron chi connectivity index (χ1n) is 33.6. The number of nitrogens with zero attached hydrogens (tertiary/aromatic N) is 6. The number of aromatic nitrogens is 6. The fraction of sp³-hybridized carbons (Fsp3) is 0. The van der Waals surface area contributed by atoms with Crippen LogP contribution in [0.2, 0.25) is 0 Å². The lowest BCUT2D eigenvalue weighted by Gasteiger charge is -2.11. The van der Waals surface area contributed by atoms with Gasteiger partial charge in [0.1, 0.15) is 0 Å². The van der Waals surface area contributed by atoms with E-state index < -0.39 is 0 Å². The van der Waals surface area contributed by atoms with Crippen molar-refractivity contribution in [3.8, 4) is 17.1 Å². The van der Waals surface area contributed by atoms with Crippen LogP contribution in [0.3, 0.4) is 0 Å². The number of rotatable bonds is 3. The number of fused-ring (bicyclic) bond motifs is 27. The van der Waals surface area contributed by atoms with E-state index in [0.717, 1.165) is 35.0 Å². The Morgan fingerprint density at radius 3 is 0.660 bits per heavy atom. The molecule has 0 N–H and O–H groups in total. The molecule has 0 fully saturated rings. The standard InChI is InChI=1S/C54H32N4.C18H8Br3N.C18H10BrN/c1-7-19-46-36(13-1)37-14-2-8-20-47(37)55(46)33-25-27-52-42(29-33)44-31-35(57-50-23-11-5-17-40(50)41-18-6-12-24-51(41)57)32-45-43-30-34(26-28-53(43)58(52)54(44)45)56-48-21-9-3-15-38(48)39-16-4-10-22-49(39)56;19-9-1-3-16-12(5-9)14-7-11(21)8-15-13-6-10(20)2-4-17(13)22(16)18(14)15;19-11-9-14-12-5-1-3-7-16(12)20-17-8-4-2-6-13(17)15(10-11)18(14)20/h1-32H;1-8H;1-10H. The van der Waals surface area contributed by atoms with Gasteiger partial charge in [0.25, 0.3) is 0 Å². The molecule has 24 rings (SSSR count). The van der Waals surface area contributed by atoms with Crippen LogP contribution in [0.25, 0.3) is 197 Å². The topological polar surface area (TPSA) is 28.0 Å². The molecule has 0 saturated carbocycles. The maximum absolute atomic E-state index is 3.67. The normalized spacial score (nSPS) is 12.4. The Balaban J connectivity index is 0.000000122. The van der Waals surface area contributed by atoms with E-state index in [-0.39, 0.29) is 0 Å². The van der Waals surface area contributed by atoms with Gasteiger partial charge in [0, 0.05) is 132 Å². The second-order valence-corrected chi connectivity index (χ2v) is 30.1. The van der Waals surface area contributed by atoms with E-state index in [1.165, 1.54) is 180 Å². The molecule has 468 valence electrons. The molecule has 0 radical (unpaired) electrons. The first-order chi connectivity index (χ1) is 49.3. The summed E-state index contributed by atoms with van der Waals surface area (Å²) in [7, 11) is 0. The summed E-state index contributed by atoms with van der Waals surface area (Å²) in [5.74, 6) is 0. The Hall–Kier alpha value is -11.0. The van der Waals surface area contributed by atoms with Crippen molar-refractivity contribution >= 4 is 243 Å². The molecule has 10 heteroatoms. The van der Waals surface area contributed by atoms with Crippen molar-refractivity contribution in [2.75, 3.05) is 0 Å². The summed E-state index contributed by atoms with van der Waals surface area (Å²) in [4.78, 5) is 0. The largest absolute Gasteiger partial charge is 0.309 e. The Bertz CT molecular complexity index is 7070. The first-order valence-corrected chi connectivity index (χ1v) is 36.7. The van der Waals surface area contributed by atoms with Crippen molar-refractivity contribution in [2.45, 2.75) is 0 Å². The fourth-order valence-electron chi connectivity index (χ4n) is 17.4. The highest BCUT2D eigenvalue weighted by Gasteiger charge is 2.25. The Kier molecular flexibility index (Phi) is 12.1. The van der Waals surface area contributed by atoms with E-state index in [0.29, 0.717) is 0 Å². The molecule has 0 bridgehead atoms. The Morgan fingerprint density at radius 1 is 0.150 bits per heavy atom. The average Bonchev–Trinajstić information content (AvgIpc) is 1.54. The summed E-state index contributed by atoms with van der Waals surface area (Å²) in [6, 6.07) is 111.